The lowest BCUT2D eigenvalue weighted by Crippen LogP contribution is -2.53. The Kier molecular flexibility index (Phi) is 3.78. The smallest absolute Gasteiger partial charge is 0.239 e. The summed E-state index contributed by atoms with van der Waals surface area (Å²) in [4.78, 5) is 16.6. The quantitative estimate of drug-likeness (QED) is 0.778. The second kappa shape index (κ2) is 5.71. The van der Waals surface area contributed by atoms with Crippen LogP contribution >= 0.6 is 0 Å². The Morgan fingerprint density at radius 2 is 1.85 bits per heavy atom. The van der Waals surface area contributed by atoms with Crippen LogP contribution in [0.2, 0.25) is 0 Å². The molecule has 5 heteroatoms. The fourth-order valence-corrected chi connectivity index (χ4v) is 2.99. The molecule has 3 rings (SSSR count). The van der Waals surface area contributed by atoms with Gasteiger partial charge in [0.2, 0.25) is 5.91 Å². The standard InChI is InChI=1S/C15H22N4O/c16-12-3-5-13(6-4-12)18-8-10-19(11-9-18)15(20)14-2-1-7-17-14/h3-6,14,17H,1-2,7-11,16H2/t14-/m0/s1. The minimum atomic E-state index is 0.0538. The maximum atomic E-state index is 12.3. The van der Waals surface area contributed by atoms with E-state index >= 15 is 0 Å². The lowest BCUT2D eigenvalue weighted by molar-refractivity contribution is -0.133. The summed E-state index contributed by atoms with van der Waals surface area (Å²) >= 11 is 0. The first-order valence-corrected chi connectivity index (χ1v) is 7.37. The molecule has 20 heavy (non-hydrogen) atoms. The van der Waals surface area contributed by atoms with Crippen LogP contribution < -0.4 is 16.0 Å². The molecule has 1 atom stereocenters. The zero-order chi connectivity index (χ0) is 13.9. The summed E-state index contributed by atoms with van der Waals surface area (Å²) in [5, 5.41) is 3.28. The molecule has 5 nitrogen and oxygen atoms in total. The largest absolute Gasteiger partial charge is 0.399 e. The van der Waals surface area contributed by atoms with Gasteiger partial charge in [0.1, 0.15) is 0 Å². The van der Waals surface area contributed by atoms with Crippen molar-refractivity contribution in [2.24, 2.45) is 0 Å². The van der Waals surface area contributed by atoms with Crippen molar-refractivity contribution in [3.8, 4) is 0 Å². The van der Waals surface area contributed by atoms with E-state index in [9.17, 15) is 4.79 Å². The number of nitrogens with one attached hydrogen (secondary N) is 1. The van der Waals surface area contributed by atoms with E-state index < -0.39 is 0 Å². The third kappa shape index (κ3) is 2.72. The lowest BCUT2D eigenvalue weighted by atomic mass is 10.1. The first-order chi connectivity index (χ1) is 9.74. The molecular formula is C15H22N4O. The van der Waals surface area contributed by atoms with E-state index in [1.807, 2.05) is 29.2 Å². The van der Waals surface area contributed by atoms with Crippen molar-refractivity contribution in [2.45, 2.75) is 18.9 Å². The average molecular weight is 274 g/mol. The van der Waals surface area contributed by atoms with Gasteiger partial charge in [-0.25, -0.2) is 0 Å². The molecule has 1 aromatic rings. The number of nitrogens with zero attached hydrogens (tertiary/aromatic N) is 2. The summed E-state index contributed by atoms with van der Waals surface area (Å²) in [7, 11) is 0. The number of carbonyl (C=O) groups is 1. The van der Waals surface area contributed by atoms with Gasteiger partial charge in [0, 0.05) is 37.6 Å². The highest BCUT2D eigenvalue weighted by atomic mass is 16.2. The number of amides is 1. The van der Waals surface area contributed by atoms with E-state index in [0.29, 0.717) is 0 Å². The molecular weight excluding hydrogens is 252 g/mol. The number of rotatable bonds is 2. The summed E-state index contributed by atoms with van der Waals surface area (Å²) in [6.45, 7) is 4.37. The van der Waals surface area contributed by atoms with Crippen molar-refractivity contribution >= 4 is 17.3 Å². The molecule has 0 bridgehead atoms. The topological polar surface area (TPSA) is 61.6 Å². The van der Waals surface area contributed by atoms with Gasteiger partial charge in [0.15, 0.2) is 0 Å². The molecule has 2 aliphatic heterocycles. The summed E-state index contributed by atoms with van der Waals surface area (Å²) < 4.78 is 0. The molecule has 3 N–H and O–H groups in total. The van der Waals surface area contributed by atoms with Crippen molar-refractivity contribution in [1.82, 2.24) is 10.2 Å². The molecule has 108 valence electrons. The predicted molar refractivity (Wildman–Crippen MR) is 80.7 cm³/mol. The molecule has 2 aliphatic rings. The van der Waals surface area contributed by atoms with Crippen LogP contribution in [0.15, 0.2) is 24.3 Å². The number of carbonyl (C=O) groups excluding carboxylic acids is 1. The van der Waals surface area contributed by atoms with E-state index in [-0.39, 0.29) is 11.9 Å². The lowest BCUT2D eigenvalue weighted by Gasteiger charge is -2.37. The van der Waals surface area contributed by atoms with Crippen molar-refractivity contribution in [3.05, 3.63) is 24.3 Å². The zero-order valence-corrected chi connectivity index (χ0v) is 11.7. The SMILES string of the molecule is Nc1ccc(N2CCN(C(=O)[C@@H]3CCCN3)CC2)cc1. The Labute approximate surface area is 119 Å². The van der Waals surface area contributed by atoms with Gasteiger partial charge in [-0.3, -0.25) is 4.79 Å². The van der Waals surface area contributed by atoms with Crippen molar-refractivity contribution in [2.75, 3.05) is 43.4 Å². The van der Waals surface area contributed by atoms with Gasteiger partial charge in [-0.2, -0.15) is 0 Å². The van der Waals surface area contributed by atoms with Crippen LogP contribution in [0.4, 0.5) is 11.4 Å². The van der Waals surface area contributed by atoms with Crippen molar-refractivity contribution in [1.29, 1.82) is 0 Å². The minimum absolute atomic E-state index is 0.0538. The Balaban J connectivity index is 1.56. The van der Waals surface area contributed by atoms with Crippen LogP contribution in [0.1, 0.15) is 12.8 Å². The Hall–Kier alpha value is -1.75. The first kappa shape index (κ1) is 13.2. The normalized spacial score (nSPS) is 23.1. The van der Waals surface area contributed by atoms with Gasteiger partial charge < -0.3 is 20.9 Å². The monoisotopic (exact) mass is 274 g/mol. The van der Waals surface area contributed by atoms with E-state index in [1.165, 1.54) is 5.69 Å². The van der Waals surface area contributed by atoms with E-state index in [1.54, 1.807) is 0 Å². The van der Waals surface area contributed by atoms with Crippen LogP contribution in [0.25, 0.3) is 0 Å². The number of hydrogen-bond donors (Lipinski definition) is 2. The van der Waals surface area contributed by atoms with Gasteiger partial charge in [0.25, 0.3) is 0 Å². The highest BCUT2D eigenvalue weighted by molar-refractivity contribution is 5.82. The summed E-state index contributed by atoms with van der Waals surface area (Å²) in [6.07, 6.45) is 2.10. The number of hydrogen-bond acceptors (Lipinski definition) is 4. The molecule has 2 saturated heterocycles. The van der Waals surface area contributed by atoms with Crippen LogP contribution in [0.5, 0.6) is 0 Å². The Morgan fingerprint density at radius 1 is 1.15 bits per heavy atom. The summed E-state index contributed by atoms with van der Waals surface area (Å²) in [6, 6.07) is 8.00. The molecule has 0 spiro atoms. The number of nitrogens with two attached hydrogens (primary N) is 1. The predicted octanol–water partition coefficient (Wildman–Crippen LogP) is 0.669. The van der Waals surface area contributed by atoms with Gasteiger partial charge in [-0.1, -0.05) is 0 Å². The second-order valence-electron chi connectivity index (χ2n) is 5.55. The molecule has 0 aliphatic carbocycles. The highest BCUT2D eigenvalue weighted by Gasteiger charge is 2.29. The van der Waals surface area contributed by atoms with Gasteiger partial charge in [-0.15, -0.1) is 0 Å². The number of nitrogen functional groups attached to an aromatic ring is 1. The van der Waals surface area contributed by atoms with Crippen LogP contribution in [-0.2, 0) is 4.79 Å². The minimum Gasteiger partial charge on any atom is -0.399 e. The van der Waals surface area contributed by atoms with Gasteiger partial charge in [0.05, 0.1) is 6.04 Å². The maximum absolute atomic E-state index is 12.3. The summed E-state index contributed by atoms with van der Waals surface area (Å²) in [5.74, 6) is 0.277. The number of piperazine rings is 1. The molecule has 1 aromatic carbocycles. The fourth-order valence-electron chi connectivity index (χ4n) is 2.99. The van der Waals surface area contributed by atoms with Crippen LogP contribution in [-0.4, -0.2) is 49.6 Å². The Morgan fingerprint density at radius 3 is 2.45 bits per heavy atom. The van der Waals surface area contributed by atoms with Crippen LogP contribution in [0.3, 0.4) is 0 Å². The van der Waals surface area contributed by atoms with E-state index in [0.717, 1.165) is 51.3 Å². The number of anilines is 2. The summed E-state index contributed by atoms with van der Waals surface area (Å²) in [5.41, 5.74) is 7.68. The van der Waals surface area contributed by atoms with E-state index in [2.05, 4.69) is 10.2 Å². The fraction of sp³-hybridized carbons (Fsp3) is 0.533. The van der Waals surface area contributed by atoms with E-state index in [4.69, 9.17) is 5.73 Å². The van der Waals surface area contributed by atoms with Crippen molar-refractivity contribution < 1.29 is 4.79 Å². The molecule has 2 fully saturated rings. The van der Waals surface area contributed by atoms with Crippen LogP contribution in [0, 0.1) is 0 Å². The molecule has 0 aromatic heterocycles. The Bertz CT molecular complexity index is 459. The zero-order valence-electron chi connectivity index (χ0n) is 11.7. The van der Waals surface area contributed by atoms with Crippen molar-refractivity contribution in [3.63, 3.8) is 0 Å². The molecule has 2 heterocycles. The number of benzene rings is 1. The van der Waals surface area contributed by atoms with Gasteiger partial charge >= 0.3 is 0 Å². The first-order valence-electron chi connectivity index (χ1n) is 7.37. The van der Waals surface area contributed by atoms with Gasteiger partial charge in [-0.05, 0) is 43.7 Å². The third-order valence-electron chi connectivity index (χ3n) is 4.21. The molecule has 0 radical (unpaired) electrons. The maximum Gasteiger partial charge on any atom is 0.239 e. The average Bonchev–Trinajstić information content (AvgIpc) is 3.02. The second-order valence-corrected chi connectivity index (χ2v) is 5.55. The molecule has 1 amide bonds. The molecule has 0 unspecified atom stereocenters. The highest BCUT2D eigenvalue weighted by Crippen LogP contribution is 2.19. The molecule has 0 saturated carbocycles. The third-order valence-corrected chi connectivity index (χ3v) is 4.21.